The number of H-pyrrole nitrogens is 1. The molecular weight excluding hydrogens is 303 g/mol. The van der Waals surface area contributed by atoms with Crippen LogP contribution in [-0.2, 0) is 14.3 Å². The monoisotopic (exact) mass is 316 g/mol. The summed E-state index contributed by atoms with van der Waals surface area (Å²) in [6.45, 7) is 1.20. The number of halogens is 3. The van der Waals surface area contributed by atoms with Gasteiger partial charge < -0.3 is 10.1 Å². The van der Waals surface area contributed by atoms with E-state index in [2.05, 4.69) is 15.0 Å². The Morgan fingerprint density at radius 2 is 2.09 bits per heavy atom. The van der Waals surface area contributed by atoms with Crippen molar-refractivity contribution in [1.29, 1.82) is 0 Å². The molecule has 0 radical (unpaired) electrons. The van der Waals surface area contributed by atoms with E-state index in [0.29, 0.717) is 0 Å². The maximum Gasteiger partial charge on any atom is 0.446 e. The Bertz CT molecular complexity index is 643. The first-order chi connectivity index (χ1) is 10.2. The summed E-state index contributed by atoms with van der Waals surface area (Å²) in [5.41, 5.74) is -4.25. The molecule has 118 valence electrons. The Hall–Kier alpha value is -2.58. The first kappa shape index (κ1) is 15.8. The molecule has 6 nitrogen and oxygen atoms in total. The average Bonchev–Trinajstić information content (AvgIpc) is 2.70. The van der Waals surface area contributed by atoms with Crippen LogP contribution in [0.1, 0.15) is 6.92 Å². The lowest BCUT2D eigenvalue weighted by Crippen LogP contribution is -2.61. The van der Waals surface area contributed by atoms with Gasteiger partial charge in [0.1, 0.15) is 5.57 Å². The third-order valence-corrected chi connectivity index (χ3v) is 3.24. The highest BCUT2D eigenvalue weighted by molar-refractivity contribution is 6.10. The highest BCUT2D eigenvalue weighted by atomic mass is 19.4. The number of carbonyl (C=O) groups is 2. The maximum atomic E-state index is 13.7. The Balaban J connectivity index is 2.63. The summed E-state index contributed by atoms with van der Waals surface area (Å²) in [6, 6.07) is 4.34. The highest BCUT2D eigenvalue weighted by Crippen LogP contribution is 2.43. The molecule has 22 heavy (non-hydrogen) atoms. The topological polar surface area (TPSA) is 81.6 Å². The van der Waals surface area contributed by atoms with Crippen molar-refractivity contribution in [3.63, 3.8) is 0 Å². The summed E-state index contributed by atoms with van der Waals surface area (Å²) in [6.07, 6.45) is -3.68. The maximum absolute atomic E-state index is 13.7. The molecule has 1 aromatic rings. The van der Waals surface area contributed by atoms with Gasteiger partial charge in [0.15, 0.2) is 0 Å². The molecule has 1 aromatic heterocycles. The number of aromatic nitrogens is 1. The summed E-state index contributed by atoms with van der Waals surface area (Å²) in [7, 11) is 0.946. The van der Waals surface area contributed by atoms with Gasteiger partial charge in [0.25, 0.3) is 11.7 Å². The number of pyridine rings is 1. The Kier molecular flexibility index (Phi) is 3.82. The summed E-state index contributed by atoms with van der Waals surface area (Å²) >= 11 is 0. The van der Waals surface area contributed by atoms with Gasteiger partial charge in [-0.05, 0) is 13.0 Å². The predicted molar refractivity (Wildman–Crippen MR) is 68.3 cm³/mol. The fraction of sp³-hybridized carbons (Fsp3) is 0.308. The van der Waals surface area contributed by atoms with Crippen LogP contribution < -0.4 is 15.6 Å². The van der Waals surface area contributed by atoms with Crippen LogP contribution in [0.4, 0.5) is 19.0 Å². The minimum atomic E-state index is -5.07. The van der Waals surface area contributed by atoms with Crippen molar-refractivity contribution < 1.29 is 32.5 Å². The summed E-state index contributed by atoms with van der Waals surface area (Å²) in [4.78, 5) is 26.4. The zero-order chi connectivity index (χ0) is 16.5. The number of amides is 1. The van der Waals surface area contributed by atoms with Gasteiger partial charge in [0, 0.05) is 11.8 Å². The number of aromatic amines is 1. The van der Waals surface area contributed by atoms with E-state index < -0.39 is 29.2 Å². The zero-order valence-electron chi connectivity index (χ0n) is 11.7. The molecule has 0 fully saturated rings. The van der Waals surface area contributed by atoms with Crippen molar-refractivity contribution in [2.45, 2.75) is 18.6 Å². The van der Waals surface area contributed by atoms with E-state index in [4.69, 9.17) is 0 Å². The smallest absolute Gasteiger partial charge is 0.446 e. The van der Waals surface area contributed by atoms with Crippen molar-refractivity contribution in [2.24, 2.45) is 0 Å². The molecule has 0 aromatic carbocycles. The third kappa shape index (κ3) is 2.28. The van der Waals surface area contributed by atoms with Gasteiger partial charge in [-0.25, -0.2) is 15.1 Å². The lowest BCUT2D eigenvalue weighted by molar-refractivity contribution is -0.362. The van der Waals surface area contributed by atoms with E-state index in [1.54, 1.807) is 6.07 Å². The van der Waals surface area contributed by atoms with Gasteiger partial charge in [0.05, 0.1) is 13.3 Å². The van der Waals surface area contributed by atoms with Crippen LogP contribution in [0.15, 0.2) is 35.7 Å². The van der Waals surface area contributed by atoms with Crippen molar-refractivity contribution in [2.75, 3.05) is 12.4 Å². The fourth-order valence-corrected chi connectivity index (χ4v) is 2.26. The molecule has 9 heteroatoms. The number of anilines is 1. The SMILES string of the molecule is COC(=O)C1=C(C)NC(=O)[C@@]1(Nc1cccc[nH+]1)C(F)(F)F. The number of allylic oxidation sites excluding steroid dienone is 1. The molecule has 0 spiro atoms. The van der Waals surface area contributed by atoms with Crippen LogP contribution in [0, 0.1) is 0 Å². The number of hydrogen-bond donors (Lipinski definition) is 2. The van der Waals surface area contributed by atoms with Gasteiger partial charge in [-0.1, -0.05) is 6.07 Å². The molecule has 0 saturated carbocycles. The van der Waals surface area contributed by atoms with Crippen LogP contribution in [0.3, 0.4) is 0 Å². The van der Waals surface area contributed by atoms with Crippen molar-refractivity contribution >= 4 is 17.7 Å². The largest absolute Gasteiger partial charge is 0.465 e. The van der Waals surface area contributed by atoms with E-state index in [1.807, 2.05) is 5.32 Å². The molecule has 1 aliphatic rings. The highest BCUT2D eigenvalue weighted by Gasteiger charge is 2.72. The molecule has 2 heterocycles. The molecule has 1 amide bonds. The number of esters is 1. The van der Waals surface area contributed by atoms with Gasteiger partial charge in [-0.3, -0.25) is 4.79 Å². The molecule has 0 unspecified atom stereocenters. The molecule has 2 rings (SSSR count). The van der Waals surface area contributed by atoms with Crippen LogP contribution in [-0.4, -0.2) is 30.7 Å². The Morgan fingerprint density at radius 3 is 2.59 bits per heavy atom. The Morgan fingerprint density at radius 1 is 1.41 bits per heavy atom. The molecule has 1 aliphatic heterocycles. The number of alkyl halides is 3. The molecular formula is C13H13F3N3O3+. The van der Waals surface area contributed by atoms with Crippen LogP contribution in [0.5, 0.6) is 0 Å². The molecule has 0 saturated heterocycles. The zero-order valence-corrected chi connectivity index (χ0v) is 11.7. The average molecular weight is 316 g/mol. The minimum Gasteiger partial charge on any atom is -0.465 e. The second-order valence-electron chi connectivity index (χ2n) is 4.59. The van der Waals surface area contributed by atoms with Crippen molar-refractivity contribution in [3.05, 3.63) is 35.7 Å². The van der Waals surface area contributed by atoms with Gasteiger partial charge in [-0.2, -0.15) is 13.2 Å². The summed E-state index contributed by atoms with van der Waals surface area (Å²) in [5, 5.41) is 4.13. The number of rotatable bonds is 3. The molecule has 3 N–H and O–H groups in total. The predicted octanol–water partition coefficient (Wildman–Crippen LogP) is 0.790. The van der Waals surface area contributed by atoms with E-state index in [0.717, 1.165) is 7.11 Å². The van der Waals surface area contributed by atoms with E-state index in [9.17, 15) is 22.8 Å². The molecule has 1 atom stereocenters. The standard InChI is InChI=1S/C13H12F3N3O3/c1-7-9(10(20)22-2)12(11(21)18-7,13(14,15)16)19-8-5-3-4-6-17-8/h3-6H,1-2H3,(H,17,19)(H,18,21)/p+1/t12-/m1/s1. The molecule has 0 bridgehead atoms. The quantitative estimate of drug-likeness (QED) is 0.808. The fourth-order valence-electron chi connectivity index (χ4n) is 2.26. The van der Waals surface area contributed by atoms with Crippen molar-refractivity contribution in [1.82, 2.24) is 5.32 Å². The third-order valence-electron chi connectivity index (χ3n) is 3.24. The first-order valence-electron chi connectivity index (χ1n) is 6.16. The van der Waals surface area contributed by atoms with E-state index in [1.165, 1.54) is 25.3 Å². The number of carbonyl (C=O) groups excluding carboxylic acids is 2. The first-order valence-corrected chi connectivity index (χ1v) is 6.16. The van der Waals surface area contributed by atoms with Crippen molar-refractivity contribution in [3.8, 4) is 0 Å². The van der Waals surface area contributed by atoms with Crippen LogP contribution in [0.25, 0.3) is 0 Å². The lowest BCUT2D eigenvalue weighted by atomic mass is 9.89. The van der Waals surface area contributed by atoms with Crippen LogP contribution >= 0.6 is 0 Å². The van der Waals surface area contributed by atoms with Gasteiger partial charge in [-0.15, -0.1) is 0 Å². The van der Waals surface area contributed by atoms with E-state index >= 15 is 0 Å². The van der Waals surface area contributed by atoms with E-state index in [-0.39, 0.29) is 11.5 Å². The normalized spacial score (nSPS) is 21.6. The summed E-state index contributed by atoms with van der Waals surface area (Å²) < 4.78 is 45.5. The van der Waals surface area contributed by atoms with Gasteiger partial charge in [0.2, 0.25) is 0 Å². The Labute approximate surface area is 123 Å². The number of hydrogen-bond acceptors (Lipinski definition) is 4. The summed E-state index contributed by atoms with van der Waals surface area (Å²) in [5.74, 6) is -2.71. The number of ether oxygens (including phenoxy) is 1. The second kappa shape index (κ2) is 5.32. The number of nitrogens with one attached hydrogen (secondary N) is 3. The lowest BCUT2D eigenvalue weighted by Gasteiger charge is -2.27. The van der Waals surface area contributed by atoms with Gasteiger partial charge >= 0.3 is 17.7 Å². The molecule has 0 aliphatic carbocycles. The number of methoxy groups -OCH3 is 1. The minimum absolute atomic E-state index is 0.0777. The second-order valence-corrected chi connectivity index (χ2v) is 4.59. The van der Waals surface area contributed by atoms with Crippen LogP contribution in [0.2, 0.25) is 0 Å².